The normalized spacial score (nSPS) is 12.3. The molecule has 0 atom stereocenters. The third kappa shape index (κ3) is 6.81. The number of rotatable bonds is 10. The van der Waals surface area contributed by atoms with Crippen LogP contribution in [0.4, 0.5) is 0 Å². The van der Waals surface area contributed by atoms with Crippen LogP contribution in [0.15, 0.2) is 12.7 Å². The fourth-order valence-electron chi connectivity index (χ4n) is 1.60. The molecule has 0 aromatic heterocycles. The van der Waals surface area contributed by atoms with Crippen molar-refractivity contribution in [2.24, 2.45) is 0 Å². The lowest BCUT2D eigenvalue weighted by Gasteiger charge is -2.24. The van der Waals surface area contributed by atoms with E-state index >= 15 is 0 Å². The fraction of sp³-hybridized carbons (Fsp3) is 0.833. The van der Waals surface area contributed by atoms with Gasteiger partial charge in [0, 0.05) is 12.6 Å². The second-order valence-corrected chi connectivity index (χ2v) is 6.37. The maximum absolute atomic E-state index is 12.1. The number of hydrogen-bond donors (Lipinski definition) is 1. The van der Waals surface area contributed by atoms with Gasteiger partial charge in [0.15, 0.2) is 0 Å². The van der Waals surface area contributed by atoms with Crippen molar-refractivity contribution in [2.75, 3.05) is 25.4 Å². The third-order valence-corrected chi connectivity index (χ3v) is 4.59. The van der Waals surface area contributed by atoms with Gasteiger partial charge >= 0.3 is 0 Å². The highest BCUT2D eigenvalue weighted by Crippen LogP contribution is 2.09. The molecule has 0 unspecified atom stereocenters. The van der Waals surface area contributed by atoms with Crippen LogP contribution in [0.25, 0.3) is 0 Å². The monoisotopic (exact) mass is 262 g/mol. The van der Waals surface area contributed by atoms with Crippen LogP contribution in [-0.4, -0.2) is 44.2 Å². The van der Waals surface area contributed by atoms with Crippen molar-refractivity contribution < 1.29 is 8.42 Å². The Bertz CT molecular complexity index is 300. The maximum Gasteiger partial charge on any atom is 0.214 e. The predicted octanol–water partition coefficient (Wildman–Crippen LogP) is 1.60. The van der Waals surface area contributed by atoms with Crippen LogP contribution in [-0.2, 0) is 10.0 Å². The van der Waals surface area contributed by atoms with Gasteiger partial charge in [-0.3, -0.25) is 0 Å². The van der Waals surface area contributed by atoms with Gasteiger partial charge in [-0.1, -0.05) is 13.0 Å². The van der Waals surface area contributed by atoms with Crippen LogP contribution in [0.2, 0.25) is 0 Å². The molecule has 1 N–H and O–H groups in total. The molecule has 0 aromatic rings. The van der Waals surface area contributed by atoms with Gasteiger partial charge in [0.1, 0.15) is 0 Å². The summed E-state index contributed by atoms with van der Waals surface area (Å²) in [5.41, 5.74) is 0. The quantitative estimate of drug-likeness (QED) is 0.480. The Labute approximate surface area is 106 Å². The van der Waals surface area contributed by atoms with Gasteiger partial charge in [-0.05, 0) is 39.8 Å². The molecule has 0 spiro atoms. The molecule has 0 saturated carbocycles. The summed E-state index contributed by atoms with van der Waals surface area (Å²) in [6.07, 6.45) is 3.24. The SMILES string of the molecule is C=CCN(C(C)C)S(=O)(=O)CCCCNCC. The lowest BCUT2D eigenvalue weighted by Crippen LogP contribution is -2.38. The third-order valence-electron chi connectivity index (χ3n) is 2.50. The first-order chi connectivity index (χ1) is 7.95. The van der Waals surface area contributed by atoms with Crippen molar-refractivity contribution in [1.29, 1.82) is 0 Å². The van der Waals surface area contributed by atoms with Crippen LogP contribution in [0.3, 0.4) is 0 Å². The fourth-order valence-corrected chi connectivity index (χ4v) is 3.38. The summed E-state index contributed by atoms with van der Waals surface area (Å²) in [6.45, 7) is 11.6. The molecule has 102 valence electrons. The molecule has 4 nitrogen and oxygen atoms in total. The Kier molecular flexibility index (Phi) is 8.47. The Morgan fingerprint density at radius 3 is 2.47 bits per heavy atom. The van der Waals surface area contributed by atoms with Gasteiger partial charge in [-0.15, -0.1) is 6.58 Å². The van der Waals surface area contributed by atoms with Crippen molar-refractivity contribution in [3.05, 3.63) is 12.7 Å². The molecule has 0 heterocycles. The van der Waals surface area contributed by atoms with E-state index in [2.05, 4.69) is 11.9 Å². The zero-order valence-electron chi connectivity index (χ0n) is 11.3. The van der Waals surface area contributed by atoms with Gasteiger partial charge in [0.25, 0.3) is 0 Å². The van der Waals surface area contributed by atoms with Crippen molar-refractivity contribution >= 4 is 10.0 Å². The molecular weight excluding hydrogens is 236 g/mol. The molecule has 0 rings (SSSR count). The Morgan fingerprint density at radius 1 is 1.35 bits per heavy atom. The molecule has 0 aliphatic carbocycles. The molecule has 0 amide bonds. The van der Waals surface area contributed by atoms with E-state index in [1.54, 1.807) is 6.08 Å². The van der Waals surface area contributed by atoms with Crippen molar-refractivity contribution in [1.82, 2.24) is 9.62 Å². The molecule has 0 fully saturated rings. The van der Waals surface area contributed by atoms with Gasteiger partial charge in [0.05, 0.1) is 5.75 Å². The Hall–Kier alpha value is -0.390. The van der Waals surface area contributed by atoms with E-state index in [9.17, 15) is 8.42 Å². The van der Waals surface area contributed by atoms with Crippen LogP contribution in [0, 0.1) is 0 Å². The second-order valence-electron chi connectivity index (χ2n) is 4.33. The zero-order chi connectivity index (χ0) is 13.3. The lowest BCUT2D eigenvalue weighted by atomic mass is 10.3. The van der Waals surface area contributed by atoms with E-state index in [1.165, 1.54) is 4.31 Å². The topological polar surface area (TPSA) is 49.4 Å². The van der Waals surface area contributed by atoms with Gasteiger partial charge < -0.3 is 5.32 Å². The van der Waals surface area contributed by atoms with Crippen molar-refractivity contribution in [3.8, 4) is 0 Å². The molecule has 5 heteroatoms. The summed E-state index contributed by atoms with van der Waals surface area (Å²) >= 11 is 0. The van der Waals surface area contributed by atoms with Crippen LogP contribution >= 0.6 is 0 Å². The van der Waals surface area contributed by atoms with Crippen molar-refractivity contribution in [2.45, 2.75) is 39.7 Å². The molecule has 0 saturated heterocycles. The van der Waals surface area contributed by atoms with E-state index in [-0.39, 0.29) is 11.8 Å². The molecule has 0 aliphatic rings. The van der Waals surface area contributed by atoms with Crippen molar-refractivity contribution in [3.63, 3.8) is 0 Å². The molecule has 0 aromatic carbocycles. The highest BCUT2D eigenvalue weighted by atomic mass is 32.2. The van der Waals surface area contributed by atoms with Crippen LogP contribution < -0.4 is 5.32 Å². The predicted molar refractivity (Wildman–Crippen MR) is 73.6 cm³/mol. The smallest absolute Gasteiger partial charge is 0.214 e. The zero-order valence-corrected chi connectivity index (χ0v) is 12.1. The Balaban J connectivity index is 4.19. The molecular formula is C12H26N2O2S. The average Bonchev–Trinajstić information content (AvgIpc) is 2.24. The second kappa shape index (κ2) is 8.66. The van der Waals surface area contributed by atoms with E-state index in [0.717, 1.165) is 19.5 Å². The number of sulfonamides is 1. The summed E-state index contributed by atoms with van der Waals surface area (Å²) in [4.78, 5) is 0. The first-order valence-electron chi connectivity index (χ1n) is 6.26. The molecule has 17 heavy (non-hydrogen) atoms. The minimum absolute atomic E-state index is 0.00762. The summed E-state index contributed by atoms with van der Waals surface area (Å²) in [6, 6.07) is -0.00762. The highest BCUT2D eigenvalue weighted by Gasteiger charge is 2.22. The number of unbranched alkanes of at least 4 members (excludes halogenated alkanes) is 1. The first kappa shape index (κ1) is 16.6. The molecule has 0 aliphatic heterocycles. The largest absolute Gasteiger partial charge is 0.317 e. The van der Waals surface area contributed by atoms with Crippen LogP contribution in [0.5, 0.6) is 0 Å². The summed E-state index contributed by atoms with van der Waals surface area (Å²) < 4.78 is 25.6. The minimum Gasteiger partial charge on any atom is -0.317 e. The van der Waals surface area contributed by atoms with E-state index in [0.29, 0.717) is 13.0 Å². The molecule has 0 bridgehead atoms. The highest BCUT2D eigenvalue weighted by molar-refractivity contribution is 7.89. The number of nitrogens with one attached hydrogen (secondary N) is 1. The van der Waals surface area contributed by atoms with Gasteiger partial charge in [-0.2, -0.15) is 4.31 Å². The summed E-state index contributed by atoms with van der Waals surface area (Å²) in [5, 5.41) is 3.19. The standard InChI is InChI=1S/C12H26N2O2S/c1-5-10-14(12(3)4)17(15,16)11-8-7-9-13-6-2/h5,12-13H,1,6-11H2,2-4H3. The number of nitrogens with zero attached hydrogens (tertiary/aromatic N) is 1. The average molecular weight is 262 g/mol. The first-order valence-corrected chi connectivity index (χ1v) is 7.87. The van der Waals surface area contributed by atoms with Crippen LogP contribution in [0.1, 0.15) is 33.6 Å². The van der Waals surface area contributed by atoms with E-state index in [4.69, 9.17) is 0 Å². The lowest BCUT2D eigenvalue weighted by molar-refractivity contribution is 0.382. The van der Waals surface area contributed by atoms with E-state index in [1.807, 2.05) is 20.8 Å². The van der Waals surface area contributed by atoms with Gasteiger partial charge in [0.2, 0.25) is 10.0 Å². The molecule has 0 radical (unpaired) electrons. The number of hydrogen-bond acceptors (Lipinski definition) is 3. The maximum atomic E-state index is 12.1. The summed E-state index contributed by atoms with van der Waals surface area (Å²) in [5.74, 6) is 0.227. The minimum atomic E-state index is -3.14. The summed E-state index contributed by atoms with van der Waals surface area (Å²) in [7, 11) is -3.14. The van der Waals surface area contributed by atoms with E-state index < -0.39 is 10.0 Å². The Morgan fingerprint density at radius 2 is 2.00 bits per heavy atom. The van der Waals surface area contributed by atoms with Gasteiger partial charge in [-0.25, -0.2) is 8.42 Å².